The highest BCUT2D eigenvalue weighted by Gasteiger charge is 2.31. The standard InChI is InChI=1S/C16H24N2O3S/c1-16(2,3)21-15(20)18-12-7-6-11(9-12)14(19)17-10-13-5-4-8-22-13/h4-5,8,11-12H,6-7,9-10H2,1-3H3,(H,17,19)(H,18,20)/t11-,12-/m0/s1. The summed E-state index contributed by atoms with van der Waals surface area (Å²) >= 11 is 1.63. The van der Waals surface area contributed by atoms with Crippen LogP contribution in [0.25, 0.3) is 0 Å². The Balaban J connectivity index is 1.72. The van der Waals surface area contributed by atoms with E-state index in [1.165, 1.54) is 0 Å². The van der Waals surface area contributed by atoms with Gasteiger partial charge >= 0.3 is 6.09 Å². The minimum Gasteiger partial charge on any atom is -0.444 e. The summed E-state index contributed by atoms with van der Waals surface area (Å²) in [6.45, 7) is 6.09. The van der Waals surface area contributed by atoms with Crippen molar-refractivity contribution in [1.82, 2.24) is 10.6 Å². The van der Waals surface area contributed by atoms with E-state index in [0.717, 1.165) is 17.7 Å². The predicted molar refractivity (Wildman–Crippen MR) is 86.7 cm³/mol. The smallest absolute Gasteiger partial charge is 0.407 e. The molecule has 2 rings (SSSR count). The molecule has 0 aliphatic heterocycles. The van der Waals surface area contributed by atoms with E-state index in [9.17, 15) is 9.59 Å². The summed E-state index contributed by atoms with van der Waals surface area (Å²) in [5, 5.41) is 7.82. The lowest BCUT2D eigenvalue weighted by Gasteiger charge is -2.21. The van der Waals surface area contributed by atoms with Crippen LogP contribution in [0.2, 0.25) is 0 Å². The average molecular weight is 324 g/mol. The van der Waals surface area contributed by atoms with Gasteiger partial charge in [-0.2, -0.15) is 0 Å². The maximum atomic E-state index is 12.2. The molecular formula is C16H24N2O3S. The second kappa shape index (κ2) is 7.13. The van der Waals surface area contributed by atoms with Gasteiger partial charge in [0.2, 0.25) is 5.91 Å². The number of hydrogen-bond donors (Lipinski definition) is 2. The third-order valence-corrected chi connectivity index (χ3v) is 4.42. The van der Waals surface area contributed by atoms with Gasteiger partial charge < -0.3 is 15.4 Å². The van der Waals surface area contributed by atoms with E-state index in [1.807, 2.05) is 38.3 Å². The minimum atomic E-state index is -0.500. The Hall–Kier alpha value is -1.56. The Kier molecular flexibility index (Phi) is 5.45. The zero-order chi connectivity index (χ0) is 16.2. The van der Waals surface area contributed by atoms with Gasteiger partial charge in [-0.3, -0.25) is 4.79 Å². The first kappa shape index (κ1) is 16.8. The van der Waals surface area contributed by atoms with Gasteiger partial charge in [0, 0.05) is 16.8 Å². The van der Waals surface area contributed by atoms with Crippen molar-refractivity contribution in [3.05, 3.63) is 22.4 Å². The van der Waals surface area contributed by atoms with Gasteiger partial charge in [0.1, 0.15) is 5.60 Å². The number of carbonyl (C=O) groups excluding carboxylic acids is 2. The third kappa shape index (κ3) is 5.33. The maximum absolute atomic E-state index is 12.2. The summed E-state index contributed by atoms with van der Waals surface area (Å²) in [7, 11) is 0. The molecule has 2 atom stereocenters. The molecule has 1 saturated carbocycles. The van der Waals surface area contributed by atoms with Crippen LogP contribution in [-0.2, 0) is 16.1 Å². The van der Waals surface area contributed by atoms with Crippen LogP contribution in [0.15, 0.2) is 17.5 Å². The zero-order valence-corrected chi connectivity index (χ0v) is 14.2. The molecule has 1 aromatic rings. The van der Waals surface area contributed by atoms with Crippen LogP contribution in [0.3, 0.4) is 0 Å². The molecule has 0 saturated heterocycles. The van der Waals surface area contributed by atoms with Gasteiger partial charge in [0.25, 0.3) is 0 Å². The summed E-state index contributed by atoms with van der Waals surface area (Å²) in [5.41, 5.74) is -0.500. The van der Waals surface area contributed by atoms with Crippen LogP contribution in [-0.4, -0.2) is 23.6 Å². The van der Waals surface area contributed by atoms with Crippen molar-refractivity contribution in [3.63, 3.8) is 0 Å². The van der Waals surface area contributed by atoms with Crippen molar-refractivity contribution in [2.45, 2.75) is 58.2 Å². The Morgan fingerprint density at radius 3 is 2.77 bits per heavy atom. The molecule has 122 valence electrons. The number of alkyl carbamates (subject to hydrolysis) is 1. The average Bonchev–Trinajstić information content (AvgIpc) is 3.04. The molecule has 2 N–H and O–H groups in total. The lowest BCUT2D eigenvalue weighted by Crippen LogP contribution is -2.38. The molecule has 0 radical (unpaired) electrons. The van der Waals surface area contributed by atoms with Crippen molar-refractivity contribution in [2.24, 2.45) is 5.92 Å². The van der Waals surface area contributed by atoms with Gasteiger partial charge in [0.05, 0.1) is 6.54 Å². The first-order chi connectivity index (χ1) is 10.3. The normalized spacial score (nSPS) is 21.4. The Morgan fingerprint density at radius 1 is 1.36 bits per heavy atom. The SMILES string of the molecule is CC(C)(C)OC(=O)N[C@H]1CC[C@H](C(=O)NCc2cccs2)C1. The number of nitrogens with one attached hydrogen (secondary N) is 2. The second-order valence-electron chi connectivity index (χ2n) is 6.65. The third-order valence-electron chi connectivity index (χ3n) is 3.54. The van der Waals surface area contributed by atoms with E-state index in [2.05, 4.69) is 10.6 Å². The molecule has 0 bridgehead atoms. The van der Waals surface area contributed by atoms with Crippen LogP contribution in [0.1, 0.15) is 44.9 Å². The fraction of sp³-hybridized carbons (Fsp3) is 0.625. The summed E-state index contributed by atoms with van der Waals surface area (Å²) in [4.78, 5) is 25.0. The molecular weight excluding hydrogens is 300 g/mol. The van der Waals surface area contributed by atoms with E-state index < -0.39 is 11.7 Å². The largest absolute Gasteiger partial charge is 0.444 e. The first-order valence-electron chi connectivity index (χ1n) is 7.63. The van der Waals surface area contributed by atoms with Crippen LogP contribution in [0, 0.1) is 5.92 Å². The highest BCUT2D eigenvalue weighted by molar-refractivity contribution is 7.09. The molecule has 1 heterocycles. The number of amides is 2. The minimum absolute atomic E-state index is 0.0207. The van der Waals surface area contributed by atoms with Crippen molar-refractivity contribution in [2.75, 3.05) is 0 Å². The fourth-order valence-electron chi connectivity index (χ4n) is 2.56. The molecule has 0 spiro atoms. The Bertz CT molecular complexity index is 508. The Labute approximate surface area is 135 Å². The molecule has 5 nitrogen and oxygen atoms in total. The van der Waals surface area contributed by atoms with E-state index in [0.29, 0.717) is 13.0 Å². The van der Waals surface area contributed by atoms with Gasteiger partial charge in [-0.15, -0.1) is 11.3 Å². The second-order valence-corrected chi connectivity index (χ2v) is 7.68. The summed E-state index contributed by atoms with van der Waals surface area (Å²) in [5.74, 6) is 0.0433. The van der Waals surface area contributed by atoms with Crippen molar-refractivity contribution in [1.29, 1.82) is 0 Å². The summed E-state index contributed by atoms with van der Waals surface area (Å²) < 4.78 is 5.24. The zero-order valence-electron chi connectivity index (χ0n) is 13.3. The van der Waals surface area contributed by atoms with Gasteiger partial charge in [-0.25, -0.2) is 4.79 Å². The van der Waals surface area contributed by atoms with Crippen LogP contribution < -0.4 is 10.6 Å². The number of ether oxygens (including phenoxy) is 1. The van der Waals surface area contributed by atoms with Crippen LogP contribution in [0.5, 0.6) is 0 Å². The maximum Gasteiger partial charge on any atom is 0.407 e. The molecule has 22 heavy (non-hydrogen) atoms. The molecule has 1 aliphatic carbocycles. The first-order valence-corrected chi connectivity index (χ1v) is 8.51. The summed E-state index contributed by atoms with van der Waals surface area (Å²) in [6, 6.07) is 4.00. The lowest BCUT2D eigenvalue weighted by atomic mass is 10.1. The van der Waals surface area contributed by atoms with E-state index in [-0.39, 0.29) is 17.9 Å². The van der Waals surface area contributed by atoms with Gasteiger partial charge in [0.15, 0.2) is 0 Å². The van der Waals surface area contributed by atoms with Crippen LogP contribution >= 0.6 is 11.3 Å². The monoisotopic (exact) mass is 324 g/mol. The molecule has 0 aromatic carbocycles. The van der Waals surface area contributed by atoms with Crippen LogP contribution in [0.4, 0.5) is 4.79 Å². The highest BCUT2D eigenvalue weighted by atomic mass is 32.1. The van der Waals surface area contributed by atoms with Crippen molar-refractivity contribution in [3.8, 4) is 0 Å². The quantitative estimate of drug-likeness (QED) is 0.894. The summed E-state index contributed by atoms with van der Waals surface area (Å²) in [6.07, 6.45) is 1.89. The molecule has 2 amide bonds. The van der Waals surface area contributed by atoms with E-state index >= 15 is 0 Å². The molecule has 6 heteroatoms. The van der Waals surface area contributed by atoms with E-state index in [1.54, 1.807) is 11.3 Å². The molecule has 0 unspecified atom stereocenters. The molecule has 1 fully saturated rings. The fourth-order valence-corrected chi connectivity index (χ4v) is 3.20. The van der Waals surface area contributed by atoms with Crippen molar-refractivity contribution < 1.29 is 14.3 Å². The van der Waals surface area contributed by atoms with Gasteiger partial charge in [-0.1, -0.05) is 6.07 Å². The number of thiophene rings is 1. The lowest BCUT2D eigenvalue weighted by molar-refractivity contribution is -0.125. The van der Waals surface area contributed by atoms with Gasteiger partial charge in [-0.05, 0) is 51.5 Å². The predicted octanol–water partition coefficient (Wildman–Crippen LogP) is 3.06. The number of hydrogen-bond acceptors (Lipinski definition) is 4. The highest BCUT2D eigenvalue weighted by Crippen LogP contribution is 2.26. The molecule has 1 aromatic heterocycles. The van der Waals surface area contributed by atoms with E-state index in [4.69, 9.17) is 4.74 Å². The van der Waals surface area contributed by atoms with Crippen molar-refractivity contribution >= 4 is 23.3 Å². The molecule has 1 aliphatic rings. The Morgan fingerprint density at radius 2 is 2.14 bits per heavy atom. The number of carbonyl (C=O) groups is 2. The topological polar surface area (TPSA) is 67.4 Å². The number of rotatable bonds is 4.